The summed E-state index contributed by atoms with van der Waals surface area (Å²) in [5, 5.41) is 0. The molecule has 3 rings (SSSR count). The Balaban J connectivity index is 0.000000564. The molecule has 3 aromatic carbocycles. The summed E-state index contributed by atoms with van der Waals surface area (Å²) < 4.78 is 24.5. The first-order chi connectivity index (χ1) is 18.2. The van der Waals surface area contributed by atoms with Crippen LogP contribution in [0.5, 0.6) is 0 Å². The molecule has 0 saturated carbocycles. The van der Waals surface area contributed by atoms with Crippen LogP contribution in [0.15, 0.2) is 72.8 Å². The number of unbranched alkanes of at least 4 members (excludes halogenated alkanes) is 1. The molecule has 0 N–H and O–H groups in total. The van der Waals surface area contributed by atoms with E-state index in [0.29, 0.717) is 11.5 Å². The molecule has 1 nitrogen and oxygen atoms in total. The maximum Gasteiger partial charge on any atom is 0.126 e. The molecule has 0 aliphatic rings. The predicted octanol–water partition coefficient (Wildman–Crippen LogP) is 9.97. The summed E-state index contributed by atoms with van der Waals surface area (Å²) in [5.41, 5.74) is 4.02. The normalized spacial score (nSPS) is 10.6. The third-order valence-corrected chi connectivity index (χ3v) is 5.82. The van der Waals surface area contributed by atoms with E-state index >= 15 is 0 Å². The number of hydrogen-bond donors (Lipinski definition) is 0. The van der Waals surface area contributed by atoms with Crippen LogP contribution in [-0.4, -0.2) is 24.5 Å². The lowest BCUT2D eigenvalue weighted by Crippen LogP contribution is -2.29. The number of rotatable bonds is 8. The van der Waals surface area contributed by atoms with Crippen LogP contribution in [0, 0.1) is 37.8 Å². The van der Waals surface area contributed by atoms with Gasteiger partial charge in [0.1, 0.15) is 11.6 Å². The van der Waals surface area contributed by atoms with Crippen LogP contribution < -0.4 is 0 Å². The van der Waals surface area contributed by atoms with Gasteiger partial charge in [0.2, 0.25) is 0 Å². The monoisotopic (exact) mass is 521 g/mol. The summed E-state index contributed by atoms with van der Waals surface area (Å²) in [6.07, 6.45) is 10.5. The van der Waals surface area contributed by atoms with Crippen LogP contribution in [-0.2, 0) is 0 Å². The van der Waals surface area contributed by atoms with Gasteiger partial charge in [-0.15, -0.1) is 6.42 Å². The first kappa shape index (κ1) is 35.0. The first-order valence-electron chi connectivity index (χ1n) is 13.9. The van der Waals surface area contributed by atoms with Crippen LogP contribution >= 0.6 is 0 Å². The van der Waals surface area contributed by atoms with Gasteiger partial charge >= 0.3 is 0 Å². The summed E-state index contributed by atoms with van der Waals surface area (Å²) in [5.74, 6) is 2.93. The van der Waals surface area contributed by atoms with E-state index in [2.05, 4.69) is 57.6 Å². The molecule has 0 heterocycles. The molecular formula is C35H49F2N. The minimum atomic E-state index is -0.178. The third kappa shape index (κ3) is 16.7. The van der Waals surface area contributed by atoms with Crippen molar-refractivity contribution in [3.63, 3.8) is 0 Å². The molecule has 0 aromatic heterocycles. The zero-order valence-electron chi connectivity index (χ0n) is 24.7. The average Bonchev–Trinajstić information content (AvgIpc) is 2.92. The van der Waals surface area contributed by atoms with Gasteiger partial charge in [-0.05, 0) is 92.7 Å². The van der Waals surface area contributed by atoms with Crippen LogP contribution in [0.3, 0.4) is 0 Å². The van der Waals surface area contributed by atoms with E-state index in [1.807, 2.05) is 25.1 Å². The van der Waals surface area contributed by atoms with Gasteiger partial charge in [-0.25, -0.2) is 8.78 Å². The van der Waals surface area contributed by atoms with Crippen LogP contribution in [0.25, 0.3) is 0 Å². The largest absolute Gasteiger partial charge is 0.303 e. The Morgan fingerprint density at radius 3 is 1.68 bits per heavy atom. The van der Waals surface area contributed by atoms with E-state index in [4.69, 9.17) is 6.42 Å². The topological polar surface area (TPSA) is 3.24 Å². The second kappa shape index (κ2) is 22.1. The minimum absolute atomic E-state index is 0.116. The highest BCUT2D eigenvalue weighted by molar-refractivity contribution is 5.35. The maximum absolute atomic E-state index is 12.6. The molecule has 1 unspecified atom stereocenters. The maximum atomic E-state index is 12.6. The second-order valence-corrected chi connectivity index (χ2v) is 9.52. The number of nitrogens with zero attached hydrogens (tertiary/aromatic N) is 1. The lowest BCUT2D eigenvalue weighted by Gasteiger charge is -2.25. The van der Waals surface area contributed by atoms with E-state index in [1.165, 1.54) is 62.5 Å². The zero-order valence-corrected chi connectivity index (χ0v) is 24.7. The van der Waals surface area contributed by atoms with Gasteiger partial charge in [0.05, 0.1) is 0 Å². The third-order valence-electron chi connectivity index (χ3n) is 5.82. The van der Waals surface area contributed by atoms with E-state index < -0.39 is 0 Å². The van der Waals surface area contributed by atoms with E-state index in [1.54, 1.807) is 31.2 Å². The quantitative estimate of drug-likeness (QED) is 0.267. The molecule has 0 aliphatic heterocycles. The van der Waals surface area contributed by atoms with Crippen molar-refractivity contribution in [2.24, 2.45) is 0 Å². The summed E-state index contributed by atoms with van der Waals surface area (Å²) in [7, 11) is 0. The Bertz CT molecular complexity index is 998. The van der Waals surface area contributed by atoms with Crippen molar-refractivity contribution in [2.75, 3.05) is 19.6 Å². The van der Waals surface area contributed by atoms with Crippen molar-refractivity contribution in [3.05, 3.63) is 107 Å². The van der Waals surface area contributed by atoms with E-state index in [9.17, 15) is 8.78 Å². The molecule has 0 bridgehead atoms. The van der Waals surface area contributed by atoms with E-state index in [0.717, 1.165) is 17.7 Å². The van der Waals surface area contributed by atoms with Gasteiger partial charge in [0.25, 0.3) is 0 Å². The molecule has 0 saturated heterocycles. The Labute approximate surface area is 232 Å². The van der Waals surface area contributed by atoms with Crippen molar-refractivity contribution in [2.45, 2.75) is 80.1 Å². The van der Waals surface area contributed by atoms with Gasteiger partial charge in [0.15, 0.2) is 0 Å². The second-order valence-electron chi connectivity index (χ2n) is 9.52. The molecule has 0 amide bonds. The molecule has 3 heteroatoms. The van der Waals surface area contributed by atoms with Gasteiger partial charge in [-0.2, -0.15) is 0 Å². The lowest BCUT2D eigenvalue weighted by molar-refractivity contribution is 0.261. The first-order valence-corrected chi connectivity index (χ1v) is 13.9. The molecule has 0 aliphatic carbocycles. The van der Waals surface area contributed by atoms with Crippen molar-refractivity contribution in [1.82, 2.24) is 4.90 Å². The molecule has 0 radical (unpaired) electrons. The highest BCUT2D eigenvalue weighted by Crippen LogP contribution is 2.17. The Morgan fingerprint density at radius 2 is 1.32 bits per heavy atom. The fourth-order valence-electron chi connectivity index (χ4n) is 3.44. The highest BCUT2D eigenvalue weighted by atomic mass is 19.1. The number of hydrogen-bond acceptors (Lipinski definition) is 1. The molecular weight excluding hydrogens is 472 g/mol. The van der Waals surface area contributed by atoms with E-state index in [-0.39, 0.29) is 11.6 Å². The van der Waals surface area contributed by atoms with Crippen LogP contribution in [0.1, 0.15) is 88.5 Å². The van der Waals surface area contributed by atoms with Crippen molar-refractivity contribution >= 4 is 0 Å². The molecule has 208 valence electrons. The molecule has 0 spiro atoms. The summed E-state index contributed by atoms with van der Waals surface area (Å²) >= 11 is 0. The van der Waals surface area contributed by atoms with Crippen molar-refractivity contribution in [1.29, 1.82) is 0 Å². The molecule has 1 atom stereocenters. The molecule has 0 fully saturated rings. The number of benzene rings is 3. The summed E-state index contributed by atoms with van der Waals surface area (Å²) in [6, 6.07) is 21.6. The Morgan fingerprint density at radius 1 is 0.763 bits per heavy atom. The standard InChI is InChI=1S/C17H25N.C8H9F.C6H5F.C4H10/c1-5-12-18(13-6-2)14-15(4)17-10-8-16(7-3)9-11-17;1-6-3-4-7(2)8(9)5-6;7-6-4-2-1-3-5-6;1-3-4-2/h3,8-11,15H,5-6,12-14H2,1-2,4H3;3-5H,1-2H3;1-5H;3-4H2,1-2H3. The predicted molar refractivity (Wildman–Crippen MR) is 163 cm³/mol. The Hall–Kier alpha value is -2.96. The van der Waals surface area contributed by atoms with Crippen molar-refractivity contribution < 1.29 is 8.78 Å². The van der Waals surface area contributed by atoms with Crippen molar-refractivity contribution in [3.8, 4) is 12.3 Å². The average molecular weight is 522 g/mol. The fraction of sp³-hybridized carbons (Fsp3) is 0.429. The summed E-state index contributed by atoms with van der Waals surface area (Å²) in [6.45, 7) is 18.3. The van der Waals surface area contributed by atoms with Gasteiger partial charge in [-0.3, -0.25) is 0 Å². The van der Waals surface area contributed by atoms with Gasteiger partial charge in [-0.1, -0.05) is 95.8 Å². The number of aryl methyl sites for hydroxylation is 2. The SMILES string of the molecule is C#Cc1ccc(C(C)CN(CCC)CCC)cc1.CCCC.Cc1ccc(C)c(F)c1.Fc1ccccc1. The van der Waals surface area contributed by atoms with Gasteiger partial charge < -0.3 is 4.90 Å². The van der Waals surface area contributed by atoms with Crippen LogP contribution in [0.4, 0.5) is 8.78 Å². The fourth-order valence-corrected chi connectivity index (χ4v) is 3.44. The highest BCUT2D eigenvalue weighted by Gasteiger charge is 2.10. The minimum Gasteiger partial charge on any atom is -0.303 e. The number of halogens is 2. The van der Waals surface area contributed by atoms with Gasteiger partial charge in [0, 0.05) is 12.1 Å². The zero-order chi connectivity index (χ0) is 28.8. The smallest absolute Gasteiger partial charge is 0.126 e. The van der Waals surface area contributed by atoms with Crippen LogP contribution in [0.2, 0.25) is 0 Å². The number of terminal acetylenes is 1. The Kier molecular flexibility index (Phi) is 20.3. The lowest BCUT2D eigenvalue weighted by atomic mass is 9.99. The molecule has 38 heavy (non-hydrogen) atoms. The molecule has 3 aromatic rings. The summed E-state index contributed by atoms with van der Waals surface area (Å²) in [4.78, 5) is 2.56.